The van der Waals surface area contributed by atoms with Crippen molar-refractivity contribution in [3.8, 4) is 0 Å². The summed E-state index contributed by atoms with van der Waals surface area (Å²) < 4.78 is 1.84. The second-order valence-corrected chi connectivity index (χ2v) is 7.20. The first-order chi connectivity index (χ1) is 11.6. The molecule has 1 aliphatic carbocycles. The summed E-state index contributed by atoms with van der Waals surface area (Å²) in [5, 5.41) is 10.9. The molecule has 130 valence electrons. The molecule has 3 aliphatic rings. The molecule has 3 heterocycles. The zero-order chi connectivity index (χ0) is 16.7. The Morgan fingerprint density at radius 3 is 2.92 bits per heavy atom. The lowest BCUT2D eigenvalue weighted by Crippen LogP contribution is -2.46. The molecule has 0 bridgehead atoms. The first-order valence-electron chi connectivity index (χ1n) is 8.98. The molecule has 1 aromatic rings. The maximum Gasteiger partial charge on any atom is 0.274 e. The van der Waals surface area contributed by atoms with Gasteiger partial charge in [0.25, 0.3) is 5.91 Å². The molecule has 1 atom stereocenters. The normalized spacial score (nSPS) is 23.7. The summed E-state index contributed by atoms with van der Waals surface area (Å²) in [5.41, 5.74) is 2.73. The third kappa shape index (κ3) is 2.92. The van der Waals surface area contributed by atoms with Crippen molar-refractivity contribution in [1.82, 2.24) is 25.3 Å². The number of aromatic nitrogens is 2. The maximum atomic E-state index is 13.0. The van der Waals surface area contributed by atoms with Crippen molar-refractivity contribution in [2.75, 3.05) is 19.6 Å². The molecule has 4 rings (SSSR count). The molecule has 1 saturated carbocycles. The van der Waals surface area contributed by atoms with Gasteiger partial charge in [-0.1, -0.05) is 0 Å². The van der Waals surface area contributed by atoms with E-state index in [1.165, 1.54) is 0 Å². The van der Waals surface area contributed by atoms with E-state index in [-0.39, 0.29) is 17.7 Å². The maximum absolute atomic E-state index is 13.0. The van der Waals surface area contributed by atoms with Gasteiger partial charge in [0.1, 0.15) is 0 Å². The number of carbonyl (C=O) groups excluding carboxylic acids is 2. The molecular weight excluding hydrogens is 306 g/mol. The molecule has 2 aliphatic heterocycles. The largest absolute Gasteiger partial charge is 0.353 e. The molecule has 2 amide bonds. The van der Waals surface area contributed by atoms with Crippen LogP contribution >= 0.6 is 0 Å². The topological polar surface area (TPSA) is 79.3 Å². The van der Waals surface area contributed by atoms with Gasteiger partial charge in [-0.05, 0) is 25.7 Å². The fraction of sp³-hybridized carbons (Fsp3) is 0.706. The molecule has 2 N–H and O–H groups in total. The van der Waals surface area contributed by atoms with E-state index >= 15 is 0 Å². The van der Waals surface area contributed by atoms with E-state index < -0.39 is 0 Å². The van der Waals surface area contributed by atoms with Crippen LogP contribution in [0.2, 0.25) is 0 Å². The van der Waals surface area contributed by atoms with Crippen LogP contribution < -0.4 is 10.6 Å². The minimum Gasteiger partial charge on any atom is -0.353 e. The number of hydrogen-bond acceptors (Lipinski definition) is 4. The highest BCUT2D eigenvalue weighted by Crippen LogP contribution is 2.24. The Hall–Kier alpha value is -1.89. The number of nitrogens with one attached hydrogen (secondary N) is 2. The highest BCUT2D eigenvalue weighted by Gasteiger charge is 2.34. The molecule has 7 heteroatoms. The van der Waals surface area contributed by atoms with E-state index in [1.54, 1.807) is 0 Å². The molecule has 24 heavy (non-hydrogen) atoms. The third-order valence-corrected chi connectivity index (χ3v) is 5.32. The minimum atomic E-state index is -0.0824. The highest BCUT2D eigenvalue weighted by molar-refractivity contribution is 5.94. The van der Waals surface area contributed by atoms with Gasteiger partial charge in [0.05, 0.1) is 5.92 Å². The van der Waals surface area contributed by atoms with E-state index in [2.05, 4.69) is 15.7 Å². The van der Waals surface area contributed by atoms with E-state index in [4.69, 9.17) is 0 Å². The summed E-state index contributed by atoms with van der Waals surface area (Å²) >= 11 is 0. The van der Waals surface area contributed by atoms with Gasteiger partial charge in [0.2, 0.25) is 5.91 Å². The first kappa shape index (κ1) is 15.6. The summed E-state index contributed by atoms with van der Waals surface area (Å²) in [6, 6.07) is 0.373. The Morgan fingerprint density at radius 2 is 2.12 bits per heavy atom. The molecule has 2 fully saturated rings. The van der Waals surface area contributed by atoms with E-state index in [0.29, 0.717) is 31.4 Å². The number of piperidine rings is 1. The molecule has 0 aromatic carbocycles. The Bertz CT molecular complexity index is 664. The van der Waals surface area contributed by atoms with Crippen molar-refractivity contribution in [3.63, 3.8) is 0 Å². The van der Waals surface area contributed by atoms with Crippen LogP contribution in [-0.2, 0) is 24.8 Å². The summed E-state index contributed by atoms with van der Waals surface area (Å²) in [6.07, 6.45) is 4.83. The Labute approximate surface area is 141 Å². The van der Waals surface area contributed by atoms with Crippen LogP contribution in [-0.4, -0.2) is 52.2 Å². The number of hydrogen-bond donors (Lipinski definition) is 2. The SMILES string of the molecule is Cn1nc(C(=O)N2CCCC(C(=O)NC3CC3)C2)c2c1CCNC2. The van der Waals surface area contributed by atoms with Crippen molar-refractivity contribution < 1.29 is 9.59 Å². The molecule has 1 aromatic heterocycles. The van der Waals surface area contributed by atoms with E-state index in [1.807, 2.05) is 16.6 Å². The second kappa shape index (κ2) is 6.20. The zero-order valence-corrected chi connectivity index (χ0v) is 14.2. The first-order valence-corrected chi connectivity index (χ1v) is 8.98. The number of amides is 2. The van der Waals surface area contributed by atoms with Gasteiger partial charge in [0.15, 0.2) is 5.69 Å². The summed E-state index contributed by atoms with van der Waals surface area (Å²) in [5.74, 6) is 0.000141. The highest BCUT2D eigenvalue weighted by atomic mass is 16.2. The number of rotatable bonds is 3. The molecular formula is C17H25N5O2. The summed E-state index contributed by atoms with van der Waals surface area (Å²) in [4.78, 5) is 27.1. The van der Waals surface area contributed by atoms with Gasteiger partial charge in [0, 0.05) is 56.9 Å². The van der Waals surface area contributed by atoms with Crippen LogP contribution in [0.1, 0.15) is 47.4 Å². The predicted octanol–water partition coefficient (Wildman–Crippen LogP) is 0.197. The van der Waals surface area contributed by atoms with Crippen LogP contribution in [0.4, 0.5) is 0 Å². The predicted molar refractivity (Wildman–Crippen MR) is 88.4 cm³/mol. The van der Waals surface area contributed by atoms with Crippen LogP contribution in [0.5, 0.6) is 0 Å². The van der Waals surface area contributed by atoms with Gasteiger partial charge in [-0.25, -0.2) is 0 Å². The molecule has 0 spiro atoms. The van der Waals surface area contributed by atoms with Crippen LogP contribution in [0.3, 0.4) is 0 Å². The summed E-state index contributed by atoms with van der Waals surface area (Å²) in [7, 11) is 1.91. The van der Waals surface area contributed by atoms with E-state index in [9.17, 15) is 9.59 Å². The van der Waals surface area contributed by atoms with Crippen molar-refractivity contribution in [3.05, 3.63) is 17.0 Å². The lowest BCUT2D eigenvalue weighted by Gasteiger charge is -2.32. The van der Waals surface area contributed by atoms with Gasteiger partial charge in [-0.2, -0.15) is 5.10 Å². The number of carbonyl (C=O) groups is 2. The van der Waals surface area contributed by atoms with Gasteiger partial charge >= 0.3 is 0 Å². The van der Waals surface area contributed by atoms with Crippen LogP contribution in [0.15, 0.2) is 0 Å². The monoisotopic (exact) mass is 331 g/mol. The molecule has 0 radical (unpaired) electrons. The smallest absolute Gasteiger partial charge is 0.274 e. The van der Waals surface area contributed by atoms with Crippen LogP contribution in [0, 0.1) is 5.92 Å². The van der Waals surface area contributed by atoms with Gasteiger partial charge in [-0.3, -0.25) is 14.3 Å². The fourth-order valence-electron chi connectivity index (χ4n) is 3.77. The van der Waals surface area contributed by atoms with Crippen LogP contribution in [0.25, 0.3) is 0 Å². The minimum absolute atomic E-state index is 0.0283. The second-order valence-electron chi connectivity index (χ2n) is 7.20. The van der Waals surface area contributed by atoms with Crippen molar-refractivity contribution in [1.29, 1.82) is 0 Å². The average Bonchev–Trinajstić information content (AvgIpc) is 3.36. The van der Waals surface area contributed by atoms with Crippen molar-refractivity contribution in [2.45, 2.75) is 44.7 Å². The van der Waals surface area contributed by atoms with Gasteiger partial charge < -0.3 is 15.5 Å². The number of fused-ring (bicyclic) bond motifs is 1. The standard InChI is InChI=1S/C17H25N5O2/c1-21-14-6-7-18-9-13(14)15(20-21)17(24)22-8-2-3-11(10-22)16(23)19-12-4-5-12/h11-12,18H,2-10H2,1H3,(H,19,23). The summed E-state index contributed by atoms with van der Waals surface area (Å²) in [6.45, 7) is 2.85. The third-order valence-electron chi connectivity index (χ3n) is 5.32. The quantitative estimate of drug-likeness (QED) is 0.829. The number of aryl methyl sites for hydroxylation is 1. The molecule has 7 nitrogen and oxygen atoms in total. The van der Waals surface area contributed by atoms with Gasteiger partial charge in [-0.15, -0.1) is 0 Å². The van der Waals surface area contributed by atoms with E-state index in [0.717, 1.165) is 49.9 Å². The lowest BCUT2D eigenvalue weighted by molar-refractivity contribution is -0.126. The van der Waals surface area contributed by atoms with Crippen molar-refractivity contribution in [2.24, 2.45) is 13.0 Å². The van der Waals surface area contributed by atoms with Crippen molar-refractivity contribution >= 4 is 11.8 Å². The number of nitrogens with zero attached hydrogens (tertiary/aromatic N) is 3. The average molecular weight is 331 g/mol. The Morgan fingerprint density at radius 1 is 1.29 bits per heavy atom. The zero-order valence-electron chi connectivity index (χ0n) is 14.2. The Balaban J connectivity index is 1.48. The fourth-order valence-corrected chi connectivity index (χ4v) is 3.77. The lowest BCUT2D eigenvalue weighted by atomic mass is 9.96. The Kier molecular flexibility index (Phi) is 4.04. The number of likely N-dealkylation sites (tertiary alicyclic amines) is 1. The molecule has 1 saturated heterocycles. The molecule has 1 unspecified atom stereocenters.